The maximum absolute atomic E-state index is 12.8. The van der Waals surface area contributed by atoms with Gasteiger partial charge in [-0.1, -0.05) is 0 Å². The van der Waals surface area contributed by atoms with Gasteiger partial charge in [-0.3, -0.25) is 4.79 Å². The minimum absolute atomic E-state index is 0.0213. The molecular formula is C16H22N2O4. The normalized spacial score (nSPS) is 20.1. The molecule has 0 spiro atoms. The highest BCUT2D eigenvalue weighted by Gasteiger charge is 2.30. The topological polar surface area (TPSA) is 60.0 Å². The Kier molecular flexibility index (Phi) is 4.38. The van der Waals surface area contributed by atoms with E-state index in [1.54, 1.807) is 19.2 Å². The van der Waals surface area contributed by atoms with Crippen LogP contribution in [0.3, 0.4) is 0 Å². The van der Waals surface area contributed by atoms with Crippen molar-refractivity contribution in [3.63, 3.8) is 0 Å². The number of nitrogens with zero attached hydrogens (tertiary/aromatic N) is 1. The molecule has 1 N–H and O–H groups in total. The van der Waals surface area contributed by atoms with Crippen LogP contribution in [-0.4, -0.2) is 57.3 Å². The number of likely N-dealkylation sites (N-methyl/N-ethyl adjacent to an activating group) is 1. The standard InChI is InChI=1S/C16H22N2O4/c1-17-10-12-4-3-5-18(12)16(19)11-8-13(20-2)15-14(9-11)21-6-7-22-15/h8-9,12,17H,3-7,10H2,1-2H3. The molecule has 0 saturated carbocycles. The number of rotatable bonds is 4. The van der Waals surface area contributed by atoms with Crippen LogP contribution in [-0.2, 0) is 0 Å². The predicted octanol–water partition coefficient (Wildman–Crippen LogP) is 1.29. The van der Waals surface area contributed by atoms with Crippen molar-refractivity contribution in [2.24, 2.45) is 0 Å². The third kappa shape index (κ3) is 2.70. The molecule has 1 amide bonds. The third-order valence-electron chi connectivity index (χ3n) is 4.15. The smallest absolute Gasteiger partial charge is 0.254 e. The van der Waals surface area contributed by atoms with Gasteiger partial charge in [-0.15, -0.1) is 0 Å². The maximum atomic E-state index is 12.8. The summed E-state index contributed by atoms with van der Waals surface area (Å²) in [5.41, 5.74) is 0.587. The van der Waals surface area contributed by atoms with Crippen molar-refractivity contribution in [3.8, 4) is 17.2 Å². The zero-order valence-corrected chi connectivity index (χ0v) is 13.1. The number of hydrogen-bond donors (Lipinski definition) is 1. The lowest BCUT2D eigenvalue weighted by molar-refractivity contribution is 0.0735. The molecule has 1 aromatic carbocycles. The fraction of sp³-hybridized carbons (Fsp3) is 0.562. The minimum Gasteiger partial charge on any atom is -0.493 e. The van der Waals surface area contributed by atoms with Gasteiger partial charge in [0.05, 0.1) is 7.11 Å². The van der Waals surface area contributed by atoms with Gasteiger partial charge in [-0.2, -0.15) is 0 Å². The lowest BCUT2D eigenvalue weighted by Crippen LogP contribution is -2.40. The van der Waals surface area contributed by atoms with Crippen LogP contribution in [0.15, 0.2) is 12.1 Å². The quantitative estimate of drug-likeness (QED) is 0.908. The molecular weight excluding hydrogens is 284 g/mol. The molecule has 1 atom stereocenters. The first-order valence-electron chi connectivity index (χ1n) is 7.67. The Balaban J connectivity index is 1.89. The van der Waals surface area contributed by atoms with Crippen LogP contribution in [0.1, 0.15) is 23.2 Å². The number of hydrogen-bond acceptors (Lipinski definition) is 5. The number of fused-ring (bicyclic) bond motifs is 1. The zero-order valence-electron chi connectivity index (χ0n) is 13.1. The summed E-state index contributed by atoms with van der Waals surface area (Å²) in [6, 6.07) is 3.75. The Hall–Kier alpha value is -1.95. The van der Waals surface area contributed by atoms with Crippen molar-refractivity contribution in [2.45, 2.75) is 18.9 Å². The van der Waals surface area contributed by atoms with Crippen molar-refractivity contribution in [1.29, 1.82) is 0 Å². The molecule has 22 heavy (non-hydrogen) atoms. The van der Waals surface area contributed by atoms with Gasteiger partial charge >= 0.3 is 0 Å². The van der Waals surface area contributed by atoms with Crippen LogP contribution in [0.25, 0.3) is 0 Å². The van der Waals surface area contributed by atoms with Gasteiger partial charge in [0.2, 0.25) is 5.75 Å². The Bertz CT molecular complexity index is 544. The van der Waals surface area contributed by atoms with Crippen LogP contribution in [0, 0.1) is 0 Å². The number of amides is 1. The molecule has 0 aliphatic carbocycles. The molecule has 2 aliphatic heterocycles. The predicted molar refractivity (Wildman–Crippen MR) is 82.0 cm³/mol. The van der Waals surface area contributed by atoms with E-state index in [9.17, 15) is 4.79 Å². The SMILES string of the molecule is CNCC1CCCN1C(=O)c1cc(OC)c2c(c1)OCCO2. The van der Waals surface area contributed by atoms with E-state index in [1.165, 1.54) is 0 Å². The molecule has 1 aromatic rings. The first-order valence-corrected chi connectivity index (χ1v) is 7.67. The van der Waals surface area contributed by atoms with Crippen molar-refractivity contribution in [1.82, 2.24) is 10.2 Å². The first-order chi connectivity index (χ1) is 10.7. The molecule has 3 rings (SSSR count). The van der Waals surface area contributed by atoms with Crippen LogP contribution >= 0.6 is 0 Å². The van der Waals surface area contributed by atoms with E-state index < -0.39 is 0 Å². The van der Waals surface area contributed by atoms with Crippen molar-refractivity contribution >= 4 is 5.91 Å². The molecule has 0 aromatic heterocycles. The molecule has 1 saturated heterocycles. The number of carbonyl (C=O) groups is 1. The van der Waals surface area contributed by atoms with E-state index in [1.807, 2.05) is 11.9 Å². The van der Waals surface area contributed by atoms with Gasteiger partial charge in [0, 0.05) is 24.7 Å². The molecule has 120 valence electrons. The lowest BCUT2D eigenvalue weighted by Gasteiger charge is -2.26. The second-order valence-corrected chi connectivity index (χ2v) is 5.55. The highest BCUT2D eigenvalue weighted by atomic mass is 16.6. The summed E-state index contributed by atoms with van der Waals surface area (Å²) in [5.74, 6) is 1.73. The number of benzene rings is 1. The third-order valence-corrected chi connectivity index (χ3v) is 4.15. The lowest BCUT2D eigenvalue weighted by atomic mass is 10.1. The first kappa shape index (κ1) is 15.0. The second kappa shape index (κ2) is 6.44. The molecule has 2 heterocycles. The van der Waals surface area contributed by atoms with Gasteiger partial charge in [0.1, 0.15) is 13.2 Å². The summed E-state index contributed by atoms with van der Waals surface area (Å²) in [7, 11) is 3.48. The largest absolute Gasteiger partial charge is 0.493 e. The Labute approximate surface area is 130 Å². The molecule has 0 bridgehead atoms. The molecule has 6 nitrogen and oxygen atoms in total. The minimum atomic E-state index is 0.0213. The summed E-state index contributed by atoms with van der Waals surface area (Å²) in [4.78, 5) is 14.8. The van der Waals surface area contributed by atoms with Crippen LogP contribution in [0.5, 0.6) is 17.2 Å². The number of likely N-dealkylation sites (tertiary alicyclic amines) is 1. The van der Waals surface area contributed by atoms with Gasteiger partial charge in [0.15, 0.2) is 11.5 Å². The molecule has 1 unspecified atom stereocenters. The highest BCUT2D eigenvalue weighted by Crippen LogP contribution is 2.40. The van der Waals surface area contributed by atoms with Gasteiger partial charge < -0.3 is 24.4 Å². The fourth-order valence-electron chi connectivity index (χ4n) is 3.11. The summed E-state index contributed by atoms with van der Waals surface area (Å²) in [6.07, 6.45) is 2.08. The summed E-state index contributed by atoms with van der Waals surface area (Å²) >= 11 is 0. The van der Waals surface area contributed by atoms with Crippen molar-refractivity contribution in [2.75, 3.05) is 40.5 Å². The van der Waals surface area contributed by atoms with E-state index >= 15 is 0 Å². The Morgan fingerprint density at radius 1 is 1.41 bits per heavy atom. The Morgan fingerprint density at radius 2 is 2.23 bits per heavy atom. The fourth-order valence-corrected chi connectivity index (χ4v) is 3.11. The van der Waals surface area contributed by atoms with Crippen LogP contribution < -0.4 is 19.5 Å². The number of carbonyl (C=O) groups excluding carboxylic acids is 1. The molecule has 2 aliphatic rings. The van der Waals surface area contributed by atoms with Gasteiger partial charge in [0.25, 0.3) is 5.91 Å². The van der Waals surface area contributed by atoms with E-state index in [2.05, 4.69) is 5.32 Å². The monoisotopic (exact) mass is 306 g/mol. The van der Waals surface area contributed by atoms with E-state index in [4.69, 9.17) is 14.2 Å². The Morgan fingerprint density at radius 3 is 3.00 bits per heavy atom. The highest BCUT2D eigenvalue weighted by molar-refractivity contribution is 5.96. The number of ether oxygens (including phenoxy) is 3. The van der Waals surface area contributed by atoms with Crippen LogP contribution in [0.2, 0.25) is 0 Å². The summed E-state index contributed by atoms with van der Waals surface area (Å²) < 4.78 is 16.5. The zero-order chi connectivity index (χ0) is 15.5. The van der Waals surface area contributed by atoms with Gasteiger partial charge in [-0.25, -0.2) is 0 Å². The second-order valence-electron chi connectivity index (χ2n) is 5.55. The average Bonchev–Trinajstić information content (AvgIpc) is 3.01. The van der Waals surface area contributed by atoms with Crippen molar-refractivity contribution in [3.05, 3.63) is 17.7 Å². The van der Waals surface area contributed by atoms with Gasteiger partial charge in [-0.05, 0) is 32.0 Å². The maximum Gasteiger partial charge on any atom is 0.254 e. The number of nitrogens with one attached hydrogen (secondary N) is 1. The summed E-state index contributed by atoms with van der Waals surface area (Å²) in [6.45, 7) is 2.59. The summed E-state index contributed by atoms with van der Waals surface area (Å²) in [5, 5.41) is 3.16. The molecule has 0 radical (unpaired) electrons. The van der Waals surface area contributed by atoms with Crippen LogP contribution in [0.4, 0.5) is 0 Å². The van der Waals surface area contributed by atoms with Crippen molar-refractivity contribution < 1.29 is 19.0 Å². The van der Waals surface area contributed by atoms with E-state index in [-0.39, 0.29) is 11.9 Å². The average molecular weight is 306 g/mol. The molecule has 1 fully saturated rings. The molecule has 6 heteroatoms. The van der Waals surface area contributed by atoms with E-state index in [0.29, 0.717) is 36.0 Å². The van der Waals surface area contributed by atoms with E-state index in [0.717, 1.165) is 25.9 Å². The number of methoxy groups -OCH3 is 1.